The molecule has 0 aromatic heterocycles. The first-order valence-electron chi connectivity index (χ1n) is 7.35. The Bertz CT molecular complexity index is 225. The van der Waals surface area contributed by atoms with Gasteiger partial charge in [-0.3, -0.25) is 0 Å². The van der Waals surface area contributed by atoms with E-state index in [-0.39, 0.29) is 0 Å². The lowest BCUT2D eigenvalue weighted by Gasteiger charge is -2.38. The van der Waals surface area contributed by atoms with E-state index in [1.807, 2.05) is 0 Å². The highest BCUT2D eigenvalue weighted by Crippen LogP contribution is 2.34. The summed E-state index contributed by atoms with van der Waals surface area (Å²) in [5.74, 6) is 1.05. The van der Waals surface area contributed by atoms with Gasteiger partial charge >= 0.3 is 0 Å². The summed E-state index contributed by atoms with van der Waals surface area (Å²) in [5, 5.41) is 3.76. The van der Waals surface area contributed by atoms with Gasteiger partial charge in [-0.1, -0.05) is 6.92 Å². The van der Waals surface area contributed by atoms with Crippen molar-refractivity contribution in [2.45, 2.75) is 70.0 Å². The van der Waals surface area contributed by atoms with Gasteiger partial charge in [-0.15, -0.1) is 0 Å². The molecular formula is C14H26N2. The fraction of sp³-hybridized carbons (Fsp3) is 1.00. The molecule has 0 amide bonds. The molecule has 2 atom stereocenters. The van der Waals surface area contributed by atoms with E-state index in [2.05, 4.69) is 17.1 Å². The summed E-state index contributed by atoms with van der Waals surface area (Å²) >= 11 is 0. The first-order chi connectivity index (χ1) is 7.85. The van der Waals surface area contributed by atoms with Gasteiger partial charge in [-0.05, 0) is 57.4 Å². The second-order valence-electron chi connectivity index (χ2n) is 6.20. The molecule has 0 aromatic carbocycles. The van der Waals surface area contributed by atoms with Crippen molar-refractivity contribution in [2.24, 2.45) is 5.92 Å². The Labute approximate surface area is 99.8 Å². The molecular weight excluding hydrogens is 196 g/mol. The zero-order chi connectivity index (χ0) is 11.0. The van der Waals surface area contributed by atoms with E-state index in [1.54, 1.807) is 0 Å². The van der Waals surface area contributed by atoms with Crippen LogP contribution in [0.3, 0.4) is 0 Å². The van der Waals surface area contributed by atoms with Crippen LogP contribution in [0, 0.1) is 5.92 Å². The molecule has 92 valence electrons. The lowest BCUT2D eigenvalue weighted by atomic mass is 9.97. The van der Waals surface area contributed by atoms with Crippen molar-refractivity contribution < 1.29 is 0 Å². The predicted octanol–water partition coefficient (Wildman–Crippen LogP) is 2.39. The van der Waals surface area contributed by atoms with Gasteiger partial charge in [-0.25, -0.2) is 0 Å². The molecule has 3 aliphatic rings. The van der Waals surface area contributed by atoms with Crippen LogP contribution >= 0.6 is 0 Å². The predicted molar refractivity (Wildman–Crippen MR) is 67.6 cm³/mol. The smallest absolute Gasteiger partial charge is 0.0125 e. The van der Waals surface area contributed by atoms with Gasteiger partial charge in [-0.2, -0.15) is 0 Å². The van der Waals surface area contributed by atoms with Crippen molar-refractivity contribution in [3.63, 3.8) is 0 Å². The van der Waals surface area contributed by atoms with E-state index >= 15 is 0 Å². The third kappa shape index (κ3) is 2.43. The lowest BCUT2D eigenvalue weighted by molar-refractivity contribution is 0.135. The standard InChI is InChI=1S/C14H26N2/c1-2-7-16(10-11-3-4-11)14-8-12-5-6-13(9-14)15-12/h11-15H,2-10H2,1H3. The molecule has 2 heterocycles. The molecule has 0 radical (unpaired) electrons. The van der Waals surface area contributed by atoms with Gasteiger partial charge in [0, 0.05) is 24.7 Å². The van der Waals surface area contributed by atoms with Crippen molar-refractivity contribution in [1.82, 2.24) is 10.2 Å². The van der Waals surface area contributed by atoms with E-state index in [9.17, 15) is 0 Å². The van der Waals surface area contributed by atoms with Gasteiger partial charge in [0.2, 0.25) is 0 Å². The van der Waals surface area contributed by atoms with Crippen LogP contribution in [-0.2, 0) is 0 Å². The average molecular weight is 222 g/mol. The van der Waals surface area contributed by atoms with Gasteiger partial charge < -0.3 is 10.2 Å². The number of piperidine rings is 1. The SMILES string of the molecule is CCCN(CC1CC1)C1CC2CCC(C1)N2. The molecule has 3 rings (SSSR count). The molecule has 1 N–H and O–H groups in total. The van der Waals surface area contributed by atoms with Crippen molar-refractivity contribution in [1.29, 1.82) is 0 Å². The maximum Gasteiger partial charge on any atom is 0.0125 e. The summed E-state index contributed by atoms with van der Waals surface area (Å²) in [4.78, 5) is 2.82. The van der Waals surface area contributed by atoms with Crippen LogP contribution in [0.15, 0.2) is 0 Å². The van der Waals surface area contributed by atoms with Crippen LogP contribution in [-0.4, -0.2) is 36.1 Å². The molecule has 2 heteroatoms. The second-order valence-corrected chi connectivity index (χ2v) is 6.20. The Morgan fingerprint density at radius 3 is 2.31 bits per heavy atom. The summed E-state index contributed by atoms with van der Waals surface area (Å²) in [6.07, 6.45) is 10.0. The largest absolute Gasteiger partial charge is 0.311 e. The zero-order valence-electron chi connectivity index (χ0n) is 10.6. The minimum absolute atomic E-state index is 0.849. The van der Waals surface area contributed by atoms with Gasteiger partial charge in [0.25, 0.3) is 0 Å². The monoisotopic (exact) mass is 222 g/mol. The van der Waals surface area contributed by atoms with E-state index in [1.165, 1.54) is 58.0 Å². The maximum absolute atomic E-state index is 3.76. The summed E-state index contributed by atoms with van der Waals surface area (Å²) in [5.41, 5.74) is 0. The van der Waals surface area contributed by atoms with E-state index in [0.717, 1.165) is 24.0 Å². The van der Waals surface area contributed by atoms with Crippen molar-refractivity contribution in [2.75, 3.05) is 13.1 Å². The molecule has 1 saturated carbocycles. The summed E-state index contributed by atoms with van der Waals surface area (Å²) in [7, 11) is 0. The molecule has 0 spiro atoms. The number of rotatable bonds is 5. The summed E-state index contributed by atoms with van der Waals surface area (Å²) in [6, 6.07) is 2.60. The zero-order valence-corrected chi connectivity index (χ0v) is 10.6. The third-order valence-electron chi connectivity index (χ3n) is 4.67. The fourth-order valence-electron chi connectivity index (χ4n) is 3.67. The number of nitrogens with one attached hydrogen (secondary N) is 1. The first kappa shape index (κ1) is 11.0. The molecule has 2 bridgehead atoms. The Kier molecular flexibility index (Phi) is 3.21. The number of fused-ring (bicyclic) bond motifs is 2. The molecule has 3 fully saturated rings. The van der Waals surface area contributed by atoms with Gasteiger partial charge in [0.1, 0.15) is 0 Å². The summed E-state index contributed by atoms with van der Waals surface area (Å²) in [6.45, 7) is 5.06. The van der Waals surface area contributed by atoms with E-state index < -0.39 is 0 Å². The number of hydrogen-bond donors (Lipinski definition) is 1. The summed E-state index contributed by atoms with van der Waals surface area (Å²) < 4.78 is 0. The Hall–Kier alpha value is -0.0800. The molecule has 2 aliphatic heterocycles. The highest BCUT2D eigenvalue weighted by molar-refractivity contribution is 4.96. The third-order valence-corrected chi connectivity index (χ3v) is 4.67. The molecule has 0 aromatic rings. The topological polar surface area (TPSA) is 15.3 Å². The van der Waals surface area contributed by atoms with Gasteiger partial charge in [0.05, 0.1) is 0 Å². The molecule has 16 heavy (non-hydrogen) atoms. The number of nitrogens with zero attached hydrogens (tertiary/aromatic N) is 1. The Morgan fingerprint density at radius 2 is 1.75 bits per heavy atom. The minimum Gasteiger partial charge on any atom is -0.311 e. The van der Waals surface area contributed by atoms with Crippen LogP contribution in [0.5, 0.6) is 0 Å². The van der Waals surface area contributed by atoms with E-state index in [4.69, 9.17) is 0 Å². The Balaban J connectivity index is 1.58. The average Bonchev–Trinajstić information content (AvgIpc) is 3.04. The van der Waals surface area contributed by atoms with Crippen LogP contribution in [0.4, 0.5) is 0 Å². The second kappa shape index (κ2) is 4.66. The van der Waals surface area contributed by atoms with Crippen LogP contribution in [0.1, 0.15) is 51.9 Å². The van der Waals surface area contributed by atoms with Crippen LogP contribution in [0.2, 0.25) is 0 Å². The quantitative estimate of drug-likeness (QED) is 0.768. The minimum atomic E-state index is 0.849. The maximum atomic E-state index is 3.76. The Morgan fingerprint density at radius 1 is 1.06 bits per heavy atom. The molecule has 2 nitrogen and oxygen atoms in total. The van der Waals surface area contributed by atoms with Crippen molar-refractivity contribution >= 4 is 0 Å². The number of hydrogen-bond acceptors (Lipinski definition) is 2. The molecule has 2 saturated heterocycles. The van der Waals surface area contributed by atoms with Crippen LogP contribution in [0.25, 0.3) is 0 Å². The fourth-order valence-corrected chi connectivity index (χ4v) is 3.67. The highest BCUT2D eigenvalue weighted by Gasteiger charge is 2.37. The normalized spacial score (nSPS) is 38.2. The molecule has 1 aliphatic carbocycles. The van der Waals surface area contributed by atoms with Crippen molar-refractivity contribution in [3.8, 4) is 0 Å². The molecule has 2 unspecified atom stereocenters. The highest BCUT2D eigenvalue weighted by atomic mass is 15.2. The van der Waals surface area contributed by atoms with Crippen LogP contribution < -0.4 is 5.32 Å². The van der Waals surface area contributed by atoms with Crippen molar-refractivity contribution in [3.05, 3.63) is 0 Å². The lowest BCUT2D eigenvalue weighted by Crippen LogP contribution is -2.49. The first-order valence-corrected chi connectivity index (χ1v) is 7.35. The van der Waals surface area contributed by atoms with Gasteiger partial charge in [0.15, 0.2) is 0 Å². The van der Waals surface area contributed by atoms with E-state index in [0.29, 0.717) is 0 Å².